The highest BCUT2D eigenvalue weighted by Gasteiger charge is 2.09. The molecule has 5 rings (SSSR count). The highest BCUT2D eigenvalue weighted by atomic mass is 16.5. The van der Waals surface area contributed by atoms with Crippen LogP contribution in [0, 0.1) is 6.92 Å². The molecule has 2 N–H and O–H groups in total. The molecule has 0 spiro atoms. The number of ether oxygens (including phenoxy) is 3. The van der Waals surface area contributed by atoms with E-state index in [1.54, 1.807) is 19.8 Å². The van der Waals surface area contributed by atoms with Crippen molar-refractivity contribution in [3.8, 4) is 17.2 Å². The minimum atomic E-state index is 0.478. The lowest BCUT2D eigenvalue weighted by atomic mass is 10.2. The van der Waals surface area contributed by atoms with Crippen molar-refractivity contribution in [3.05, 3.63) is 72.8 Å². The topological polar surface area (TPSA) is 94.2 Å². The Kier molecular flexibility index (Phi) is 5.73. The predicted molar refractivity (Wildman–Crippen MR) is 128 cm³/mol. The van der Waals surface area contributed by atoms with Gasteiger partial charge in [0, 0.05) is 24.2 Å². The van der Waals surface area contributed by atoms with Gasteiger partial charge in [-0.15, -0.1) is 0 Å². The van der Waals surface area contributed by atoms with Crippen molar-refractivity contribution in [1.29, 1.82) is 0 Å². The Labute approximate surface area is 190 Å². The minimum absolute atomic E-state index is 0.478. The first kappa shape index (κ1) is 20.7. The summed E-state index contributed by atoms with van der Waals surface area (Å²) in [6.45, 7) is 3.01. The molecule has 0 saturated heterocycles. The summed E-state index contributed by atoms with van der Waals surface area (Å²) in [6.07, 6.45) is 3.22. The van der Waals surface area contributed by atoms with Gasteiger partial charge in [0.25, 0.3) is 0 Å². The van der Waals surface area contributed by atoms with Crippen LogP contribution in [0.25, 0.3) is 21.9 Å². The largest absolute Gasteiger partial charge is 0.491 e. The fourth-order valence-electron chi connectivity index (χ4n) is 3.55. The van der Waals surface area contributed by atoms with Crippen LogP contribution >= 0.6 is 0 Å². The molecule has 0 saturated carbocycles. The summed E-state index contributed by atoms with van der Waals surface area (Å²) >= 11 is 0. The number of benzene rings is 3. The van der Waals surface area contributed by atoms with Crippen LogP contribution in [0.4, 0.5) is 11.5 Å². The van der Waals surface area contributed by atoms with Gasteiger partial charge in [-0.25, -0.2) is 15.0 Å². The van der Waals surface area contributed by atoms with Gasteiger partial charge >= 0.3 is 0 Å². The van der Waals surface area contributed by atoms with E-state index in [2.05, 4.69) is 25.3 Å². The Morgan fingerprint density at radius 2 is 1.79 bits per heavy atom. The molecule has 8 heteroatoms. The van der Waals surface area contributed by atoms with E-state index in [-0.39, 0.29) is 0 Å². The molecule has 0 amide bonds. The van der Waals surface area contributed by atoms with Gasteiger partial charge in [0.15, 0.2) is 0 Å². The van der Waals surface area contributed by atoms with E-state index in [0.717, 1.165) is 50.4 Å². The zero-order chi connectivity index (χ0) is 22.6. The van der Waals surface area contributed by atoms with E-state index in [9.17, 15) is 0 Å². The van der Waals surface area contributed by atoms with Crippen molar-refractivity contribution in [1.82, 2.24) is 19.9 Å². The number of methoxy groups -OCH3 is 1. The van der Waals surface area contributed by atoms with Crippen molar-refractivity contribution in [3.63, 3.8) is 0 Å². The maximum Gasteiger partial charge on any atom is 0.141 e. The Balaban J connectivity index is 1.36. The summed E-state index contributed by atoms with van der Waals surface area (Å²) in [5.74, 6) is 2.96. The number of aromatic amines is 1. The molecule has 5 aromatic rings. The minimum Gasteiger partial charge on any atom is -0.491 e. The molecule has 0 atom stereocenters. The molecule has 8 nitrogen and oxygen atoms in total. The molecule has 0 aliphatic carbocycles. The first-order valence-corrected chi connectivity index (χ1v) is 10.5. The highest BCUT2D eigenvalue weighted by molar-refractivity contribution is 5.91. The van der Waals surface area contributed by atoms with Crippen molar-refractivity contribution < 1.29 is 14.2 Å². The molecule has 0 bridgehead atoms. The highest BCUT2D eigenvalue weighted by Crippen LogP contribution is 2.31. The Morgan fingerprint density at radius 3 is 2.67 bits per heavy atom. The second-order valence-electron chi connectivity index (χ2n) is 7.53. The number of hydrogen-bond donors (Lipinski definition) is 2. The number of aromatic nitrogens is 4. The van der Waals surface area contributed by atoms with Crippen molar-refractivity contribution in [2.45, 2.75) is 6.92 Å². The Morgan fingerprint density at radius 1 is 0.879 bits per heavy atom. The molecule has 0 aliphatic heterocycles. The average molecular weight is 441 g/mol. The van der Waals surface area contributed by atoms with Gasteiger partial charge in [0.1, 0.15) is 36.0 Å². The van der Waals surface area contributed by atoms with Crippen molar-refractivity contribution >= 4 is 33.4 Å². The molecular formula is C25H23N5O3. The van der Waals surface area contributed by atoms with E-state index in [1.165, 1.54) is 0 Å². The molecule has 0 unspecified atom stereocenters. The van der Waals surface area contributed by atoms with E-state index in [1.807, 2.05) is 61.5 Å². The predicted octanol–water partition coefficient (Wildman–Crippen LogP) is 5.38. The van der Waals surface area contributed by atoms with Gasteiger partial charge in [-0.1, -0.05) is 0 Å². The Bertz CT molecular complexity index is 1420. The molecule has 2 heterocycles. The van der Waals surface area contributed by atoms with E-state index in [0.29, 0.717) is 19.0 Å². The number of anilines is 2. The summed E-state index contributed by atoms with van der Waals surface area (Å²) < 4.78 is 16.9. The first-order valence-electron chi connectivity index (χ1n) is 10.5. The molecule has 0 fully saturated rings. The molecule has 33 heavy (non-hydrogen) atoms. The second-order valence-corrected chi connectivity index (χ2v) is 7.53. The van der Waals surface area contributed by atoms with Crippen LogP contribution in [0.3, 0.4) is 0 Å². The van der Waals surface area contributed by atoms with Gasteiger partial charge < -0.3 is 24.5 Å². The van der Waals surface area contributed by atoms with Gasteiger partial charge in [-0.2, -0.15) is 0 Å². The molecule has 166 valence electrons. The fourth-order valence-corrected chi connectivity index (χ4v) is 3.55. The Hall–Kier alpha value is -4.17. The van der Waals surface area contributed by atoms with Crippen LogP contribution in [-0.2, 0) is 4.74 Å². The standard InChI is InChI=1S/C25H23N5O3/c1-16-11-17(3-8-24(16)33-19-5-7-22-23(13-19)28-14-27-22)30-25-20-12-18(32-10-9-31-2)4-6-21(20)26-15-29-25/h3-8,11-15H,9-10H2,1-2H3,(H,27,28)(H,26,29,30). The number of hydrogen-bond acceptors (Lipinski definition) is 7. The number of H-pyrrole nitrogens is 1. The third-order valence-electron chi connectivity index (χ3n) is 5.22. The number of imidazole rings is 1. The lowest BCUT2D eigenvalue weighted by Gasteiger charge is -2.13. The van der Waals surface area contributed by atoms with Gasteiger partial charge in [-0.05, 0) is 61.0 Å². The van der Waals surface area contributed by atoms with Crippen LogP contribution < -0.4 is 14.8 Å². The number of aryl methyl sites for hydroxylation is 1. The second kappa shape index (κ2) is 9.13. The summed E-state index contributed by atoms with van der Waals surface area (Å²) in [5.41, 5.74) is 4.56. The third-order valence-corrected chi connectivity index (χ3v) is 5.22. The normalized spacial score (nSPS) is 11.1. The molecule has 0 aliphatic rings. The number of fused-ring (bicyclic) bond motifs is 2. The van der Waals surface area contributed by atoms with Gasteiger partial charge in [-0.3, -0.25) is 0 Å². The van der Waals surface area contributed by atoms with Crippen LogP contribution in [0.1, 0.15) is 5.56 Å². The molecule has 0 radical (unpaired) electrons. The lowest BCUT2D eigenvalue weighted by Crippen LogP contribution is -2.04. The number of nitrogens with zero attached hydrogens (tertiary/aromatic N) is 3. The summed E-state index contributed by atoms with van der Waals surface area (Å²) in [5, 5.41) is 4.27. The van der Waals surface area contributed by atoms with Crippen LogP contribution in [0.15, 0.2) is 67.3 Å². The van der Waals surface area contributed by atoms with Crippen molar-refractivity contribution in [2.24, 2.45) is 0 Å². The smallest absolute Gasteiger partial charge is 0.141 e. The SMILES string of the molecule is COCCOc1ccc2ncnc(Nc3ccc(Oc4ccc5[nH]cnc5c4)c(C)c3)c2c1. The lowest BCUT2D eigenvalue weighted by molar-refractivity contribution is 0.146. The average Bonchev–Trinajstić information content (AvgIpc) is 3.29. The third kappa shape index (κ3) is 4.56. The zero-order valence-electron chi connectivity index (χ0n) is 18.3. The zero-order valence-corrected chi connectivity index (χ0v) is 18.3. The van der Waals surface area contributed by atoms with Crippen LogP contribution in [0.5, 0.6) is 17.2 Å². The summed E-state index contributed by atoms with van der Waals surface area (Å²) in [4.78, 5) is 16.2. The monoisotopic (exact) mass is 441 g/mol. The maximum atomic E-state index is 6.09. The van der Waals surface area contributed by atoms with E-state index >= 15 is 0 Å². The maximum absolute atomic E-state index is 6.09. The van der Waals surface area contributed by atoms with E-state index in [4.69, 9.17) is 14.2 Å². The summed E-state index contributed by atoms with van der Waals surface area (Å²) in [7, 11) is 1.65. The van der Waals surface area contributed by atoms with Crippen molar-refractivity contribution in [2.75, 3.05) is 25.6 Å². The van der Waals surface area contributed by atoms with Gasteiger partial charge in [0.05, 0.1) is 29.5 Å². The van der Waals surface area contributed by atoms with Crippen LogP contribution in [0.2, 0.25) is 0 Å². The van der Waals surface area contributed by atoms with Crippen LogP contribution in [-0.4, -0.2) is 40.3 Å². The summed E-state index contributed by atoms with van der Waals surface area (Å²) in [6, 6.07) is 17.5. The van der Waals surface area contributed by atoms with E-state index < -0.39 is 0 Å². The number of rotatable bonds is 8. The fraction of sp³-hybridized carbons (Fsp3) is 0.160. The molecule has 3 aromatic carbocycles. The number of nitrogens with one attached hydrogen (secondary N) is 2. The van der Waals surface area contributed by atoms with Gasteiger partial charge in [0.2, 0.25) is 0 Å². The molecular weight excluding hydrogens is 418 g/mol. The molecule has 2 aromatic heterocycles. The first-order chi connectivity index (χ1) is 16.2. The quantitative estimate of drug-likeness (QED) is 0.312.